The number of Topliss-reactive ketones (excluding diaryl/α,β-unsaturated/α-hetero) is 1. The first-order valence-corrected chi connectivity index (χ1v) is 21.8. The molecule has 1 saturated heterocycles. The number of nitrogens with one attached hydrogen (secondary N) is 1. The van der Waals surface area contributed by atoms with Crippen molar-refractivity contribution in [2.24, 2.45) is 0 Å². The van der Waals surface area contributed by atoms with Crippen LogP contribution in [0.2, 0.25) is 0 Å². The molecule has 7 rings (SSSR count). The lowest BCUT2D eigenvalue weighted by Gasteiger charge is -2.38. The average molecular weight is 853 g/mol. The van der Waals surface area contributed by atoms with Crippen LogP contribution < -0.4 is 14.8 Å². The van der Waals surface area contributed by atoms with E-state index in [1.54, 1.807) is 19.1 Å². The molecule has 328 valence electrons. The normalized spacial score (nSPS) is 15.6. The molecule has 0 radical (unpaired) electrons. The van der Waals surface area contributed by atoms with Crippen LogP contribution in [0, 0.1) is 0 Å². The van der Waals surface area contributed by atoms with Gasteiger partial charge in [-0.15, -0.1) is 0 Å². The molecule has 2 aliphatic rings. The number of alkyl carbamates (subject to hydrolysis) is 1. The number of nitrogens with zero attached hydrogens (tertiary/aromatic N) is 1. The summed E-state index contributed by atoms with van der Waals surface area (Å²) < 4.78 is 29.7. The van der Waals surface area contributed by atoms with E-state index < -0.39 is 29.8 Å². The van der Waals surface area contributed by atoms with Crippen molar-refractivity contribution >= 4 is 23.8 Å². The van der Waals surface area contributed by atoms with Crippen LogP contribution in [0.1, 0.15) is 85.6 Å². The minimum Gasteiger partial charge on any atom is -0.497 e. The zero-order valence-corrected chi connectivity index (χ0v) is 36.3. The minimum absolute atomic E-state index is 0.0164. The number of amides is 2. The lowest BCUT2D eigenvalue weighted by molar-refractivity contribution is -0.150. The first kappa shape index (κ1) is 44.6. The Balaban J connectivity index is 0.997. The van der Waals surface area contributed by atoms with Gasteiger partial charge >= 0.3 is 12.1 Å². The fourth-order valence-electron chi connectivity index (χ4n) is 8.80. The molecule has 11 nitrogen and oxygen atoms in total. The van der Waals surface area contributed by atoms with Crippen LogP contribution >= 0.6 is 0 Å². The fourth-order valence-corrected chi connectivity index (χ4v) is 8.80. The van der Waals surface area contributed by atoms with E-state index in [0.29, 0.717) is 43.7 Å². The Morgan fingerprint density at radius 2 is 1.22 bits per heavy atom. The number of fused-ring (bicyclic) bond motifs is 3. The molecule has 63 heavy (non-hydrogen) atoms. The molecule has 11 heteroatoms. The third kappa shape index (κ3) is 10.6. The Bertz CT molecular complexity index is 2240. The van der Waals surface area contributed by atoms with Crippen molar-refractivity contribution in [2.75, 3.05) is 40.5 Å². The summed E-state index contributed by atoms with van der Waals surface area (Å²) in [5.41, 5.74) is 6.15. The summed E-state index contributed by atoms with van der Waals surface area (Å²) in [5.74, 6) is 0.746. The van der Waals surface area contributed by atoms with Crippen LogP contribution in [0.4, 0.5) is 4.79 Å². The van der Waals surface area contributed by atoms with Gasteiger partial charge in [-0.25, -0.2) is 4.79 Å². The van der Waals surface area contributed by atoms with Gasteiger partial charge in [0.25, 0.3) is 0 Å². The Kier molecular flexibility index (Phi) is 14.9. The second kappa shape index (κ2) is 21.1. The van der Waals surface area contributed by atoms with Crippen molar-refractivity contribution in [1.82, 2.24) is 10.2 Å². The number of benzene rings is 5. The van der Waals surface area contributed by atoms with E-state index in [1.807, 2.05) is 103 Å². The molecule has 1 heterocycles. The summed E-state index contributed by atoms with van der Waals surface area (Å²) in [6.07, 6.45) is 1.68. The molecule has 2 amide bonds. The minimum atomic E-state index is -1.11. The van der Waals surface area contributed by atoms with Crippen molar-refractivity contribution in [2.45, 2.75) is 75.5 Å². The number of ketones is 1. The van der Waals surface area contributed by atoms with E-state index in [2.05, 4.69) is 29.6 Å². The number of ether oxygens (including phenoxy) is 5. The number of rotatable bonds is 20. The second-order valence-corrected chi connectivity index (χ2v) is 16.1. The summed E-state index contributed by atoms with van der Waals surface area (Å²) in [7, 11) is 3.25. The first-order chi connectivity index (χ1) is 30.7. The van der Waals surface area contributed by atoms with Crippen LogP contribution in [-0.4, -0.2) is 81.3 Å². The molecular formula is C52H56N2O9. The van der Waals surface area contributed by atoms with E-state index >= 15 is 0 Å². The van der Waals surface area contributed by atoms with Crippen LogP contribution in [-0.2, 0) is 34.2 Å². The quantitative estimate of drug-likeness (QED) is 0.0464. The van der Waals surface area contributed by atoms with Gasteiger partial charge in [-0.2, -0.15) is 0 Å². The van der Waals surface area contributed by atoms with Crippen molar-refractivity contribution in [3.8, 4) is 22.6 Å². The van der Waals surface area contributed by atoms with Crippen LogP contribution in [0.3, 0.4) is 0 Å². The van der Waals surface area contributed by atoms with Crippen LogP contribution in [0.25, 0.3) is 11.1 Å². The lowest BCUT2D eigenvalue weighted by Crippen LogP contribution is -2.42. The van der Waals surface area contributed by atoms with Gasteiger partial charge in [-0.05, 0) is 83.0 Å². The zero-order valence-electron chi connectivity index (χ0n) is 36.3. The average Bonchev–Trinajstić information content (AvgIpc) is 3.87. The number of hydrogen-bond donors (Lipinski definition) is 1. The lowest BCUT2D eigenvalue weighted by atomic mass is 9.80. The van der Waals surface area contributed by atoms with Crippen LogP contribution in [0.5, 0.6) is 11.5 Å². The predicted molar refractivity (Wildman–Crippen MR) is 240 cm³/mol. The Morgan fingerprint density at radius 1 is 0.651 bits per heavy atom. The molecule has 0 spiro atoms. The molecule has 2 atom stereocenters. The molecular weight excluding hydrogens is 797 g/mol. The second-order valence-electron chi connectivity index (χ2n) is 16.1. The largest absolute Gasteiger partial charge is 0.497 e. The highest BCUT2D eigenvalue weighted by Gasteiger charge is 2.42. The SMILES string of the molecule is COc1ccc(C(OC[C@@H]2C[C@@H](OC(=O)CCC(C)=O)CN2C(=O)CCCCCNC(=O)OCC2c3ccccc3-c3ccccc32)(c2ccccc2)c2ccc(OC)cc2)cc1. The first-order valence-electron chi connectivity index (χ1n) is 21.8. The third-order valence-electron chi connectivity index (χ3n) is 12.0. The molecule has 1 aliphatic heterocycles. The standard InChI is InChI=1S/C52H56N2O9/c1-36(55)21-30-50(57)63-43-32-40(34-62-52(37-14-6-4-7-15-37,38-22-26-41(59-2)27-23-38)39-24-28-42(60-3)29-25-39)54(33-43)49(56)20-8-5-13-31-53-51(58)61-35-48-46-18-11-9-16-44(46)45-17-10-12-19-47(45)48/h4,6-7,9-12,14-19,22-29,40,43,48H,5,8,13,20-21,30-35H2,1-3H3,(H,53,58)/t40-,43+/m0/s1. The van der Waals surface area contributed by atoms with Gasteiger partial charge in [0.2, 0.25) is 5.91 Å². The molecule has 1 fully saturated rings. The van der Waals surface area contributed by atoms with Gasteiger partial charge in [-0.3, -0.25) is 9.59 Å². The number of carbonyl (C=O) groups is 4. The van der Waals surface area contributed by atoms with Gasteiger partial charge in [-0.1, -0.05) is 110 Å². The smallest absolute Gasteiger partial charge is 0.407 e. The van der Waals surface area contributed by atoms with Crippen molar-refractivity contribution in [3.05, 3.63) is 155 Å². The number of carbonyl (C=O) groups excluding carboxylic acids is 4. The monoisotopic (exact) mass is 852 g/mol. The highest BCUT2D eigenvalue weighted by molar-refractivity contribution is 5.81. The van der Waals surface area contributed by atoms with Gasteiger partial charge in [0.05, 0.1) is 39.8 Å². The maximum atomic E-state index is 14.1. The van der Waals surface area contributed by atoms with Gasteiger partial charge in [0.15, 0.2) is 0 Å². The molecule has 0 unspecified atom stereocenters. The summed E-state index contributed by atoms with van der Waals surface area (Å²) in [4.78, 5) is 53.0. The van der Waals surface area contributed by atoms with E-state index in [9.17, 15) is 19.2 Å². The number of unbranched alkanes of at least 4 members (excludes halogenated alkanes) is 2. The van der Waals surface area contributed by atoms with Gasteiger partial charge in [0.1, 0.15) is 35.6 Å². The van der Waals surface area contributed by atoms with E-state index in [4.69, 9.17) is 23.7 Å². The number of likely N-dealkylation sites (tertiary alicyclic amines) is 1. The summed E-state index contributed by atoms with van der Waals surface area (Å²) in [6.45, 7) is 2.45. The Hall–Kier alpha value is -6.46. The number of methoxy groups -OCH3 is 2. The molecule has 0 saturated carbocycles. The van der Waals surface area contributed by atoms with Crippen molar-refractivity contribution in [3.63, 3.8) is 0 Å². The molecule has 1 N–H and O–H groups in total. The molecule has 5 aromatic rings. The maximum Gasteiger partial charge on any atom is 0.407 e. The molecule has 0 aromatic heterocycles. The summed E-state index contributed by atoms with van der Waals surface area (Å²) in [5, 5.41) is 2.87. The van der Waals surface area contributed by atoms with Crippen LogP contribution in [0.15, 0.2) is 127 Å². The summed E-state index contributed by atoms with van der Waals surface area (Å²) in [6, 6.07) is 41.5. The van der Waals surface area contributed by atoms with E-state index in [-0.39, 0.29) is 56.6 Å². The van der Waals surface area contributed by atoms with Crippen molar-refractivity contribution in [1.29, 1.82) is 0 Å². The van der Waals surface area contributed by atoms with E-state index in [1.165, 1.54) is 18.1 Å². The number of esters is 1. The highest BCUT2D eigenvalue weighted by Crippen LogP contribution is 2.45. The molecule has 0 bridgehead atoms. The Labute approximate surface area is 369 Å². The molecule has 1 aliphatic carbocycles. The van der Waals surface area contributed by atoms with Gasteiger partial charge < -0.3 is 38.7 Å². The number of hydrogen-bond acceptors (Lipinski definition) is 9. The topological polar surface area (TPSA) is 130 Å². The fraction of sp³-hybridized carbons (Fsp3) is 0.346. The zero-order chi connectivity index (χ0) is 44.2. The summed E-state index contributed by atoms with van der Waals surface area (Å²) >= 11 is 0. The third-order valence-corrected chi connectivity index (χ3v) is 12.0. The van der Waals surface area contributed by atoms with Crippen molar-refractivity contribution < 1.29 is 42.9 Å². The maximum absolute atomic E-state index is 14.1. The highest BCUT2D eigenvalue weighted by atomic mass is 16.6. The molecule has 5 aromatic carbocycles. The van der Waals surface area contributed by atoms with Gasteiger partial charge in [0, 0.05) is 31.7 Å². The predicted octanol–water partition coefficient (Wildman–Crippen LogP) is 8.99. The van der Waals surface area contributed by atoms with E-state index in [0.717, 1.165) is 27.8 Å². The Morgan fingerprint density at radius 3 is 1.81 bits per heavy atom.